The minimum absolute atomic E-state index is 0.132. The van der Waals surface area contributed by atoms with Crippen LogP contribution in [0.1, 0.15) is 44.2 Å². The maximum absolute atomic E-state index is 12.2. The number of amides is 1. The number of nitrogens with one attached hydrogen (secondary N) is 1. The summed E-state index contributed by atoms with van der Waals surface area (Å²) in [5.41, 5.74) is 1.10. The van der Waals surface area contributed by atoms with E-state index in [9.17, 15) is 4.79 Å². The van der Waals surface area contributed by atoms with E-state index in [0.29, 0.717) is 5.92 Å². The normalized spacial score (nSPS) is 26.6. The van der Waals surface area contributed by atoms with Gasteiger partial charge < -0.3 is 5.32 Å². The van der Waals surface area contributed by atoms with Gasteiger partial charge in [0, 0.05) is 30.9 Å². The highest BCUT2D eigenvalue weighted by Gasteiger charge is 2.52. The molecule has 1 amide bonds. The van der Waals surface area contributed by atoms with Crippen LogP contribution in [0.25, 0.3) is 0 Å². The summed E-state index contributed by atoms with van der Waals surface area (Å²) in [4.78, 5) is 12.2. The van der Waals surface area contributed by atoms with Crippen LogP contribution in [0.4, 0.5) is 0 Å². The Labute approximate surface area is 101 Å². The first-order valence-electron chi connectivity index (χ1n) is 6.58. The molecule has 2 aliphatic rings. The molecule has 1 aromatic rings. The molecule has 0 aromatic carbocycles. The summed E-state index contributed by atoms with van der Waals surface area (Å²) in [6.07, 6.45) is 6.30. The zero-order valence-electron chi connectivity index (χ0n) is 10.3. The number of aromatic nitrogens is 2. The highest BCUT2D eigenvalue weighted by atomic mass is 16.2. The van der Waals surface area contributed by atoms with E-state index in [1.807, 2.05) is 10.9 Å². The van der Waals surface area contributed by atoms with Gasteiger partial charge in [-0.05, 0) is 25.8 Å². The average Bonchev–Trinajstić information content (AvgIpc) is 3.03. The highest BCUT2D eigenvalue weighted by molar-refractivity contribution is 5.86. The van der Waals surface area contributed by atoms with E-state index in [0.717, 1.165) is 25.9 Å². The van der Waals surface area contributed by atoms with Gasteiger partial charge in [-0.3, -0.25) is 9.48 Å². The number of carbonyl (C=O) groups excluding carboxylic acids is 1. The van der Waals surface area contributed by atoms with Crippen molar-refractivity contribution in [3.05, 3.63) is 18.0 Å². The minimum atomic E-state index is -0.132. The molecule has 1 atom stereocenters. The van der Waals surface area contributed by atoms with Crippen molar-refractivity contribution in [1.29, 1.82) is 0 Å². The van der Waals surface area contributed by atoms with E-state index in [1.165, 1.54) is 18.5 Å². The number of aryl methyl sites for hydroxylation is 1. The summed E-state index contributed by atoms with van der Waals surface area (Å²) in [7, 11) is 0. The van der Waals surface area contributed by atoms with Crippen molar-refractivity contribution in [1.82, 2.24) is 15.1 Å². The van der Waals surface area contributed by atoms with Gasteiger partial charge in [-0.15, -0.1) is 0 Å². The lowest BCUT2D eigenvalue weighted by atomic mass is 9.74. The van der Waals surface area contributed by atoms with Crippen LogP contribution in [0.5, 0.6) is 0 Å². The standard InChI is InChI=1S/C13H19N3O/c1-2-16-11(5-8-15-16)10-9-14-12(17)13(10)6-3-4-7-13/h5,8,10H,2-4,6-7,9H2,1H3,(H,14,17). The maximum Gasteiger partial charge on any atom is 0.226 e. The molecule has 1 saturated carbocycles. The summed E-state index contributed by atoms with van der Waals surface area (Å²) in [6, 6.07) is 2.08. The summed E-state index contributed by atoms with van der Waals surface area (Å²) in [6.45, 7) is 3.76. The lowest BCUT2D eigenvalue weighted by molar-refractivity contribution is -0.127. The van der Waals surface area contributed by atoms with E-state index in [1.54, 1.807) is 0 Å². The van der Waals surface area contributed by atoms with Crippen molar-refractivity contribution < 1.29 is 4.79 Å². The molecule has 3 rings (SSSR count). The van der Waals surface area contributed by atoms with Crippen molar-refractivity contribution in [3.8, 4) is 0 Å². The molecule has 1 unspecified atom stereocenters. The van der Waals surface area contributed by atoms with Crippen LogP contribution in [0.3, 0.4) is 0 Å². The molecule has 1 N–H and O–H groups in total. The summed E-state index contributed by atoms with van der Waals surface area (Å²) in [5, 5.41) is 7.40. The minimum Gasteiger partial charge on any atom is -0.355 e. The molecule has 17 heavy (non-hydrogen) atoms. The Hall–Kier alpha value is -1.32. The molecule has 2 fully saturated rings. The first kappa shape index (κ1) is 10.8. The third kappa shape index (κ3) is 1.43. The largest absolute Gasteiger partial charge is 0.355 e. The van der Waals surface area contributed by atoms with Crippen LogP contribution < -0.4 is 5.32 Å². The van der Waals surface area contributed by atoms with E-state index >= 15 is 0 Å². The number of rotatable bonds is 2. The molecule has 0 radical (unpaired) electrons. The van der Waals surface area contributed by atoms with Gasteiger partial charge in [0.1, 0.15) is 0 Å². The zero-order valence-corrected chi connectivity index (χ0v) is 10.3. The molecule has 1 aliphatic carbocycles. The Kier molecular flexibility index (Phi) is 2.45. The third-order valence-corrected chi connectivity index (χ3v) is 4.49. The van der Waals surface area contributed by atoms with Crippen molar-refractivity contribution in [2.24, 2.45) is 5.41 Å². The molecule has 1 aromatic heterocycles. The van der Waals surface area contributed by atoms with Crippen molar-refractivity contribution in [2.75, 3.05) is 6.54 Å². The molecular weight excluding hydrogens is 214 g/mol. The topological polar surface area (TPSA) is 46.9 Å². The highest BCUT2D eigenvalue weighted by Crippen LogP contribution is 2.51. The SMILES string of the molecule is CCn1nccc1C1CNC(=O)C12CCCC2. The summed E-state index contributed by atoms with van der Waals surface area (Å²) in [5.74, 6) is 0.587. The fourth-order valence-electron chi connectivity index (χ4n) is 3.60. The molecule has 1 spiro atoms. The molecule has 2 heterocycles. The third-order valence-electron chi connectivity index (χ3n) is 4.49. The second-order valence-corrected chi connectivity index (χ2v) is 5.20. The van der Waals surface area contributed by atoms with Gasteiger partial charge in [-0.25, -0.2) is 0 Å². The summed E-state index contributed by atoms with van der Waals surface area (Å²) >= 11 is 0. The van der Waals surface area contributed by atoms with Gasteiger partial charge in [-0.1, -0.05) is 12.8 Å². The predicted octanol–water partition coefficient (Wildman–Crippen LogP) is 1.68. The lowest BCUT2D eigenvalue weighted by Gasteiger charge is -2.27. The molecule has 92 valence electrons. The Bertz CT molecular complexity index is 432. The molecule has 1 aliphatic heterocycles. The molecule has 4 heteroatoms. The van der Waals surface area contributed by atoms with Gasteiger partial charge in [0.25, 0.3) is 0 Å². The van der Waals surface area contributed by atoms with Gasteiger partial charge in [0.2, 0.25) is 5.91 Å². The molecular formula is C13H19N3O. The Balaban J connectivity index is 2.00. The van der Waals surface area contributed by atoms with Crippen LogP contribution >= 0.6 is 0 Å². The fraction of sp³-hybridized carbons (Fsp3) is 0.692. The fourth-order valence-corrected chi connectivity index (χ4v) is 3.60. The Morgan fingerprint density at radius 3 is 3.00 bits per heavy atom. The van der Waals surface area contributed by atoms with E-state index in [4.69, 9.17) is 0 Å². The monoisotopic (exact) mass is 233 g/mol. The maximum atomic E-state index is 12.2. The zero-order chi connectivity index (χ0) is 11.9. The molecule has 0 bridgehead atoms. The van der Waals surface area contributed by atoms with E-state index in [-0.39, 0.29) is 11.3 Å². The predicted molar refractivity (Wildman–Crippen MR) is 64.6 cm³/mol. The summed E-state index contributed by atoms with van der Waals surface area (Å²) < 4.78 is 2.03. The number of nitrogens with zero attached hydrogens (tertiary/aromatic N) is 2. The second-order valence-electron chi connectivity index (χ2n) is 5.20. The second kappa shape index (κ2) is 3.86. The van der Waals surface area contributed by atoms with Crippen LogP contribution in [0.2, 0.25) is 0 Å². The van der Waals surface area contributed by atoms with Crippen LogP contribution in [0.15, 0.2) is 12.3 Å². The van der Waals surface area contributed by atoms with Gasteiger partial charge >= 0.3 is 0 Å². The van der Waals surface area contributed by atoms with Gasteiger partial charge in [0.05, 0.1) is 5.41 Å². The number of carbonyl (C=O) groups is 1. The number of hydrogen-bond donors (Lipinski definition) is 1. The van der Waals surface area contributed by atoms with Crippen LogP contribution in [-0.2, 0) is 11.3 Å². The van der Waals surface area contributed by atoms with E-state index < -0.39 is 0 Å². The van der Waals surface area contributed by atoms with Crippen molar-refractivity contribution >= 4 is 5.91 Å². The molecule has 1 saturated heterocycles. The lowest BCUT2D eigenvalue weighted by Crippen LogP contribution is -2.32. The van der Waals surface area contributed by atoms with Crippen molar-refractivity contribution in [3.63, 3.8) is 0 Å². The van der Waals surface area contributed by atoms with Gasteiger partial charge in [-0.2, -0.15) is 5.10 Å². The number of hydrogen-bond acceptors (Lipinski definition) is 2. The Morgan fingerprint density at radius 2 is 2.29 bits per heavy atom. The van der Waals surface area contributed by atoms with Crippen LogP contribution in [-0.4, -0.2) is 22.2 Å². The van der Waals surface area contributed by atoms with E-state index in [2.05, 4.69) is 23.4 Å². The Morgan fingerprint density at radius 1 is 1.53 bits per heavy atom. The quantitative estimate of drug-likeness (QED) is 0.844. The molecule has 4 nitrogen and oxygen atoms in total. The van der Waals surface area contributed by atoms with Crippen LogP contribution in [0, 0.1) is 5.41 Å². The average molecular weight is 233 g/mol. The first-order valence-corrected chi connectivity index (χ1v) is 6.58. The smallest absolute Gasteiger partial charge is 0.226 e. The van der Waals surface area contributed by atoms with Gasteiger partial charge in [0.15, 0.2) is 0 Å². The van der Waals surface area contributed by atoms with Crippen molar-refractivity contribution in [2.45, 2.75) is 45.1 Å². The first-order chi connectivity index (χ1) is 8.28.